The molecule has 16 heavy (non-hydrogen) atoms. The Morgan fingerprint density at radius 2 is 2.50 bits per heavy atom. The number of nitrogens with one attached hydrogen (secondary N) is 1. The SMILES string of the molecule is CNCCc1coc(CC2CCN(C)C2)n1. The van der Waals surface area contributed by atoms with Gasteiger partial charge in [-0.2, -0.15) is 0 Å². The molecule has 2 rings (SSSR count). The third-order valence-electron chi connectivity index (χ3n) is 3.18. The van der Waals surface area contributed by atoms with Gasteiger partial charge in [0.15, 0.2) is 5.89 Å². The minimum Gasteiger partial charge on any atom is -0.449 e. The van der Waals surface area contributed by atoms with Crippen LogP contribution >= 0.6 is 0 Å². The van der Waals surface area contributed by atoms with Gasteiger partial charge in [-0.1, -0.05) is 0 Å². The molecule has 0 spiro atoms. The van der Waals surface area contributed by atoms with Crippen LogP contribution in [0.25, 0.3) is 0 Å². The number of hydrogen-bond acceptors (Lipinski definition) is 4. The van der Waals surface area contributed by atoms with Crippen molar-refractivity contribution < 1.29 is 4.42 Å². The Morgan fingerprint density at radius 3 is 3.19 bits per heavy atom. The van der Waals surface area contributed by atoms with Gasteiger partial charge in [-0.05, 0) is 33.0 Å². The van der Waals surface area contributed by atoms with Crippen molar-refractivity contribution in [2.45, 2.75) is 19.3 Å². The molecule has 0 saturated carbocycles. The molecule has 0 bridgehead atoms. The molecular formula is C12H21N3O. The first-order chi connectivity index (χ1) is 7.78. The zero-order valence-electron chi connectivity index (χ0n) is 10.2. The van der Waals surface area contributed by atoms with Crippen molar-refractivity contribution in [2.75, 3.05) is 33.7 Å². The standard InChI is InChI=1S/C12H21N3O/c1-13-5-3-11-9-16-12(14-11)7-10-4-6-15(2)8-10/h9-10,13H,3-8H2,1-2H3. The van der Waals surface area contributed by atoms with Crippen molar-refractivity contribution >= 4 is 0 Å². The van der Waals surface area contributed by atoms with Crippen LogP contribution in [0.3, 0.4) is 0 Å². The summed E-state index contributed by atoms with van der Waals surface area (Å²) in [7, 11) is 4.13. The van der Waals surface area contributed by atoms with Gasteiger partial charge >= 0.3 is 0 Å². The summed E-state index contributed by atoms with van der Waals surface area (Å²) in [5.74, 6) is 1.63. The highest BCUT2D eigenvalue weighted by Crippen LogP contribution is 2.19. The Balaban J connectivity index is 1.83. The lowest BCUT2D eigenvalue weighted by Gasteiger charge is -2.07. The van der Waals surface area contributed by atoms with Crippen molar-refractivity contribution in [1.82, 2.24) is 15.2 Å². The van der Waals surface area contributed by atoms with Crippen molar-refractivity contribution in [2.24, 2.45) is 5.92 Å². The zero-order valence-corrected chi connectivity index (χ0v) is 10.2. The number of likely N-dealkylation sites (tertiary alicyclic amines) is 1. The first-order valence-corrected chi connectivity index (χ1v) is 6.04. The molecule has 1 N–H and O–H groups in total. The van der Waals surface area contributed by atoms with Crippen molar-refractivity contribution in [1.29, 1.82) is 0 Å². The highest BCUT2D eigenvalue weighted by atomic mass is 16.3. The lowest BCUT2D eigenvalue weighted by molar-refractivity contribution is 0.379. The molecular weight excluding hydrogens is 202 g/mol. The van der Waals surface area contributed by atoms with E-state index in [2.05, 4.69) is 22.2 Å². The van der Waals surface area contributed by atoms with Crippen molar-refractivity contribution in [3.8, 4) is 0 Å². The maximum atomic E-state index is 5.50. The van der Waals surface area contributed by atoms with E-state index in [1.807, 2.05) is 7.05 Å². The lowest BCUT2D eigenvalue weighted by atomic mass is 10.1. The minimum absolute atomic E-state index is 0.723. The molecule has 2 heterocycles. The van der Waals surface area contributed by atoms with Gasteiger partial charge < -0.3 is 14.6 Å². The molecule has 0 aliphatic carbocycles. The smallest absolute Gasteiger partial charge is 0.194 e. The Bertz CT molecular complexity index is 324. The van der Waals surface area contributed by atoms with Crippen LogP contribution in [0.4, 0.5) is 0 Å². The Labute approximate surface area is 97.0 Å². The topological polar surface area (TPSA) is 41.3 Å². The summed E-state index contributed by atoms with van der Waals surface area (Å²) in [6.07, 6.45) is 5.00. The van der Waals surface area contributed by atoms with E-state index in [-0.39, 0.29) is 0 Å². The number of hydrogen-bond donors (Lipinski definition) is 1. The molecule has 1 aliphatic heterocycles. The Kier molecular flexibility index (Phi) is 3.96. The summed E-state index contributed by atoms with van der Waals surface area (Å²) in [4.78, 5) is 6.88. The molecule has 1 aromatic rings. The molecule has 1 fully saturated rings. The van der Waals surface area contributed by atoms with Crippen LogP contribution in [0.2, 0.25) is 0 Å². The van der Waals surface area contributed by atoms with Crippen LogP contribution < -0.4 is 5.32 Å². The maximum Gasteiger partial charge on any atom is 0.194 e. The van der Waals surface area contributed by atoms with Gasteiger partial charge in [0, 0.05) is 25.9 Å². The van der Waals surface area contributed by atoms with Gasteiger partial charge in [-0.15, -0.1) is 0 Å². The third kappa shape index (κ3) is 3.06. The Morgan fingerprint density at radius 1 is 1.62 bits per heavy atom. The van der Waals surface area contributed by atoms with E-state index < -0.39 is 0 Å². The second kappa shape index (κ2) is 5.46. The van der Waals surface area contributed by atoms with E-state index in [1.165, 1.54) is 19.5 Å². The fraction of sp³-hybridized carbons (Fsp3) is 0.750. The predicted molar refractivity (Wildman–Crippen MR) is 63.4 cm³/mol. The summed E-state index contributed by atoms with van der Waals surface area (Å²) in [5, 5.41) is 3.12. The second-order valence-electron chi connectivity index (χ2n) is 4.71. The number of nitrogens with zero attached hydrogens (tertiary/aromatic N) is 2. The van der Waals surface area contributed by atoms with Crippen molar-refractivity contribution in [3.63, 3.8) is 0 Å². The number of rotatable bonds is 5. The lowest BCUT2D eigenvalue weighted by Crippen LogP contribution is -2.15. The van der Waals surface area contributed by atoms with Crippen LogP contribution in [-0.4, -0.2) is 43.6 Å². The van der Waals surface area contributed by atoms with Gasteiger partial charge in [-0.25, -0.2) is 4.98 Å². The molecule has 1 atom stereocenters. The van der Waals surface area contributed by atoms with E-state index in [0.717, 1.165) is 36.9 Å². The average molecular weight is 223 g/mol. The molecule has 1 aliphatic rings. The third-order valence-corrected chi connectivity index (χ3v) is 3.18. The highest BCUT2D eigenvalue weighted by molar-refractivity contribution is 4.98. The molecule has 1 unspecified atom stereocenters. The average Bonchev–Trinajstić information content (AvgIpc) is 2.86. The van der Waals surface area contributed by atoms with E-state index in [0.29, 0.717) is 0 Å². The fourth-order valence-corrected chi connectivity index (χ4v) is 2.25. The molecule has 1 saturated heterocycles. The van der Waals surface area contributed by atoms with E-state index in [4.69, 9.17) is 4.42 Å². The summed E-state index contributed by atoms with van der Waals surface area (Å²) >= 11 is 0. The summed E-state index contributed by atoms with van der Waals surface area (Å²) in [6.45, 7) is 3.34. The molecule has 4 nitrogen and oxygen atoms in total. The summed E-state index contributed by atoms with van der Waals surface area (Å²) in [5.41, 5.74) is 1.07. The normalized spacial score (nSPS) is 21.8. The quantitative estimate of drug-likeness (QED) is 0.806. The maximum absolute atomic E-state index is 5.50. The monoisotopic (exact) mass is 223 g/mol. The zero-order chi connectivity index (χ0) is 11.4. The van der Waals surface area contributed by atoms with Crippen molar-refractivity contribution in [3.05, 3.63) is 17.8 Å². The van der Waals surface area contributed by atoms with Gasteiger partial charge in [-0.3, -0.25) is 0 Å². The summed E-state index contributed by atoms with van der Waals surface area (Å²) < 4.78 is 5.50. The highest BCUT2D eigenvalue weighted by Gasteiger charge is 2.21. The molecule has 90 valence electrons. The van der Waals surface area contributed by atoms with E-state index >= 15 is 0 Å². The summed E-state index contributed by atoms with van der Waals surface area (Å²) in [6, 6.07) is 0. The molecule has 4 heteroatoms. The Hall–Kier alpha value is -0.870. The van der Waals surface area contributed by atoms with Crippen LogP contribution in [0, 0.1) is 5.92 Å². The van der Waals surface area contributed by atoms with Crippen LogP contribution in [0.1, 0.15) is 18.0 Å². The number of oxazole rings is 1. The molecule has 0 aromatic carbocycles. The van der Waals surface area contributed by atoms with Gasteiger partial charge in [0.25, 0.3) is 0 Å². The first kappa shape index (κ1) is 11.6. The molecule has 0 amide bonds. The van der Waals surface area contributed by atoms with Crippen LogP contribution in [0.5, 0.6) is 0 Å². The first-order valence-electron chi connectivity index (χ1n) is 6.04. The van der Waals surface area contributed by atoms with Crippen LogP contribution in [-0.2, 0) is 12.8 Å². The fourth-order valence-electron chi connectivity index (χ4n) is 2.25. The second-order valence-corrected chi connectivity index (χ2v) is 4.71. The van der Waals surface area contributed by atoms with Crippen LogP contribution in [0.15, 0.2) is 10.7 Å². The number of likely N-dealkylation sites (N-methyl/N-ethyl adjacent to an activating group) is 1. The van der Waals surface area contributed by atoms with Gasteiger partial charge in [0.2, 0.25) is 0 Å². The minimum atomic E-state index is 0.723. The molecule has 1 aromatic heterocycles. The van der Waals surface area contributed by atoms with E-state index in [9.17, 15) is 0 Å². The molecule has 0 radical (unpaired) electrons. The predicted octanol–water partition coefficient (Wildman–Crippen LogP) is 0.931. The number of aromatic nitrogens is 1. The largest absolute Gasteiger partial charge is 0.449 e. The van der Waals surface area contributed by atoms with Gasteiger partial charge in [0.1, 0.15) is 6.26 Å². The van der Waals surface area contributed by atoms with E-state index in [1.54, 1.807) is 6.26 Å². The van der Waals surface area contributed by atoms with Gasteiger partial charge in [0.05, 0.1) is 5.69 Å².